The van der Waals surface area contributed by atoms with Gasteiger partial charge in [0, 0.05) is 31.0 Å². The number of imidazole rings is 1. The highest BCUT2D eigenvalue weighted by Gasteiger charge is 2.37. The summed E-state index contributed by atoms with van der Waals surface area (Å²) in [5.74, 6) is 0. The van der Waals surface area contributed by atoms with Crippen molar-refractivity contribution in [2.75, 3.05) is 11.4 Å². The second-order valence-electron chi connectivity index (χ2n) is 8.24. The monoisotopic (exact) mass is 525 g/mol. The Hall–Kier alpha value is -3.16. The van der Waals surface area contributed by atoms with Crippen molar-refractivity contribution in [3.05, 3.63) is 101 Å². The molecule has 1 N–H and O–H groups in total. The highest BCUT2D eigenvalue weighted by molar-refractivity contribution is 7.91. The van der Waals surface area contributed by atoms with Crippen LogP contribution in [0.3, 0.4) is 0 Å². The molecule has 0 fully saturated rings. The molecule has 3 heterocycles. The quantitative estimate of drug-likeness (QED) is 0.397. The van der Waals surface area contributed by atoms with Crippen LogP contribution in [0.25, 0.3) is 0 Å². The Labute approximate surface area is 215 Å². The lowest BCUT2D eigenvalue weighted by molar-refractivity contribution is 0.318. The van der Waals surface area contributed by atoms with E-state index in [9.17, 15) is 13.7 Å². The fourth-order valence-corrected chi connectivity index (χ4v) is 7.13. The molecular weight excluding hydrogens is 502 g/mol. The first-order valence-corrected chi connectivity index (χ1v) is 13.2. The number of aromatic amines is 1. The minimum absolute atomic E-state index is 0. The molecule has 1 aliphatic heterocycles. The van der Waals surface area contributed by atoms with Gasteiger partial charge in [-0.15, -0.1) is 23.7 Å². The number of anilines is 1. The number of fused-ring (bicyclic) bond motifs is 1. The van der Waals surface area contributed by atoms with Gasteiger partial charge < -0.3 is 9.88 Å². The van der Waals surface area contributed by atoms with Crippen molar-refractivity contribution < 1.29 is 8.42 Å². The van der Waals surface area contributed by atoms with Crippen molar-refractivity contribution >= 4 is 39.5 Å². The molecule has 0 amide bonds. The molecule has 7 nitrogen and oxygen atoms in total. The van der Waals surface area contributed by atoms with Crippen LogP contribution in [0.5, 0.6) is 0 Å². The van der Waals surface area contributed by atoms with E-state index in [-0.39, 0.29) is 25.0 Å². The van der Waals surface area contributed by atoms with Crippen LogP contribution in [0, 0.1) is 11.3 Å². The third-order valence-corrected chi connectivity index (χ3v) is 9.27. The van der Waals surface area contributed by atoms with Gasteiger partial charge in [-0.2, -0.15) is 9.57 Å². The van der Waals surface area contributed by atoms with Crippen molar-refractivity contribution in [2.24, 2.45) is 0 Å². The van der Waals surface area contributed by atoms with Crippen LogP contribution in [0.15, 0.2) is 82.8 Å². The van der Waals surface area contributed by atoms with Gasteiger partial charge in [0.2, 0.25) is 0 Å². The van der Waals surface area contributed by atoms with E-state index in [1.165, 1.54) is 11.3 Å². The molecule has 0 saturated heterocycles. The predicted molar refractivity (Wildman–Crippen MR) is 139 cm³/mol. The topological polar surface area (TPSA) is 93.1 Å². The van der Waals surface area contributed by atoms with Crippen molar-refractivity contribution in [1.29, 1.82) is 5.26 Å². The number of aromatic nitrogens is 2. The summed E-state index contributed by atoms with van der Waals surface area (Å²) < 4.78 is 29.6. The maximum absolute atomic E-state index is 13.8. The van der Waals surface area contributed by atoms with Crippen molar-refractivity contribution in [2.45, 2.75) is 29.8 Å². The third kappa shape index (κ3) is 5.26. The molecule has 1 aliphatic rings. The molecule has 180 valence electrons. The van der Waals surface area contributed by atoms with Crippen molar-refractivity contribution in [3.63, 3.8) is 0 Å². The highest BCUT2D eigenvalue weighted by Crippen LogP contribution is 2.34. The van der Waals surface area contributed by atoms with E-state index in [4.69, 9.17) is 0 Å². The van der Waals surface area contributed by atoms with Gasteiger partial charge in [0.25, 0.3) is 10.0 Å². The number of hydrogen-bond donors (Lipinski definition) is 1. The number of hydrogen-bond acceptors (Lipinski definition) is 6. The summed E-state index contributed by atoms with van der Waals surface area (Å²) in [6.45, 7) is 1.25. The zero-order chi connectivity index (χ0) is 23.5. The Kier molecular flexibility index (Phi) is 7.57. The molecule has 2 aromatic heterocycles. The van der Waals surface area contributed by atoms with E-state index in [0.29, 0.717) is 29.3 Å². The highest BCUT2D eigenvalue weighted by atomic mass is 35.5. The smallest absolute Gasteiger partial charge is 0.253 e. The summed E-state index contributed by atoms with van der Waals surface area (Å²) in [6.07, 6.45) is 3.99. The number of nitrogens with zero attached hydrogens (tertiary/aromatic N) is 4. The molecule has 35 heavy (non-hydrogen) atoms. The van der Waals surface area contributed by atoms with Crippen LogP contribution < -0.4 is 4.90 Å². The molecule has 10 heteroatoms. The van der Waals surface area contributed by atoms with Gasteiger partial charge >= 0.3 is 0 Å². The average Bonchev–Trinajstić information content (AvgIpc) is 3.55. The molecule has 4 aromatic rings. The Morgan fingerprint density at radius 2 is 1.97 bits per heavy atom. The van der Waals surface area contributed by atoms with E-state index in [0.717, 1.165) is 22.5 Å². The van der Waals surface area contributed by atoms with Crippen LogP contribution in [0.2, 0.25) is 0 Å². The van der Waals surface area contributed by atoms with E-state index in [2.05, 4.69) is 20.9 Å². The Morgan fingerprint density at radius 3 is 2.66 bits per heavy atom. The van der Waals surface area contributed by atoms with E-state index < -0.39 is 10.0 Å². The van der Waals surface area contributed by atoms with Crippen molar-refractivity contribution in [3.8, 4) is 6.07 Å². The Morgan fingerprint density at radius 1 is 1.14 bits per heavy atom. The lowest BCUT2D eigenvalue weighted by atomic mass is 10.1. The number of halogens is 1. The van der Waals surface area contributed by atoms with Gasteiger partial charge in [-0.3, -0.25) is 0 Å². The average molecular weight is 526 g/mol. The molecule has 1 unspecified atom stereocenters. The van der Waals surface area contributed by atoms with Crippen LogP contribution in [-0.2, 0) is 29.5 Å². The molecule has 1 atom stereocenters. The minimum Gasteiger partial charge on any atom is -0.364 e. The normalized spacial score (nSPS) is 16.1. The van der Waals surface area contributed by atoms with Crippen LogP contribution in [0.1, 0.15) is 22.4 Å². The number of thiophene rings is 1. The molecular formula is C25H24ClN5O2S2. The lowest BCUT2D eigenvalue weighted by Crippen LogP contribution is -2.45. The third-order valence-electron chi connectivity index (χ3n) is 6.00. The van der Waals surface area contributed by atoms with Crippen LogP contribution >= 0.6 is 23.7 Å². The minimum atomic E-state index is -3.74. The summed E-state index contributed by atoms with van der Waals surface area (Å²) in [7, 11) is -3.74. The molecule has 2 aromatic carbocycles. The summed E-state index contributed by atoms with van der Waals surface area (Å²) in [6, 6.07) is 20.8. The van der Waals surface area contributed by atoms with Crippen LogP contribution in [-0.4, -0.2) is 35.3 Å². The molecule has 0 bridgehead atoms. The van der Waals surface area contributed by atoms with Gasteiger partial charge in [0.05, 0.1) is 30.2 Å². The standard InChI is InChI=1S/C25H23N5O2S2.ClH/c26-13-20-8-9-24-21(11-20)15-30(34(31,32)25-7-4-10-33-25)23(12-19-5-2-1-3-6-19)17-29(24)16-22-14-27-18-28-22;/h1-11,14,18,23H,12,15-17H2,(H,27,28);1H. The number of benzene rings is 2. The van der Waals surface area contributed by atoms with E-state index in [1.54, 1.807) is 46.5 Å². The summed E-state index contributed by atoms with van der Waals surface area (Å²) in [5.41, 5.74) is 4.26. The van der Waals surface area contributed by atoms with E-state index in [1.807, 2.05) is 36.4 Å². The van der Waals surface area contributed by atoms with Gasteiger partial charge in [0.15, 0.2) is 0 Å². The number of sulfonamides is 1. The summed E-state index contributed by atoms with van der Waals surface area (Å²) in [5, 5.41) is 11.3. The van der Waals surface area contributed by atoms with Crippen LogP contribution in [0.4, 0.5) is 5.69 Å². The molecule has 0 saturated carbocycles. The Balaban J connectivity index is 0.00000289. The zero-order valence-electron chi connectivity index (χ0n) is 18.7. The maximum Gasteiger partial charge on any atom is 0.253 e. The van der Waals surface area contributed by atoms with Gasteiger partial charge in [-0.25, -0.2) is 13.4 Å². The first-order valence-electron chi connectivity index (χ1n) is 10.9. The fourth-order valence-electron chi connectivity index (χ4n) is 4.42. The number of nitriles is 1. The largest absolute Gasteiger partial charge is 0.364 e. The predicted octanol–water partition coefficient (Wildman–Crippen LogP) is 4.59. The second kappa shape index (κ2) is 10.6. The zero-order valence-corrected chi connectivity index (χ0v) is 21.2. The SMILES string of the molecule is Cl.N#Cc1ccc2c(c1)CN(S(=O)(=O)c1cccs1)C(Cc1ccccc1)CN2Cc1cnc[nH]1. The number of nitrogens with one attached hydrogen (secondary N) is 1. The summed E-state index contributed by atoms with van der Waals surface area (Å²) >= 11 is 1.22. The first-order chi connectivity index (χ1) is 16.5. The number of H-pyrrole nitrogens is 1. The summed E-state index contributed by atoms with van der Waals surface area (Å²) in [4.78, 5) is 9.47. The molecule has 5 rings (SSSR count). The second-order valence-corrected chi connectivity index (χ2v) is 11.3. The Bertz CT molecular complexity index is 1400. The van der Waals surface area contributed by atoms with E-state index >= 15 is 0 Å². The van der Waals surface area contributed by atoms with Crippen molar-refractivity contribution in [1.82, 2.24) is 14.3 Å². The first kappa shape index (κ1) is 24.9. The molecule has 0 spiro atoms. The van der Waals surface area contributed by atoms with Gasteiger partial charge in [-0.05, 0) is 47.2 Å². The van der Waals surface area contributed by atoms with Gasteiger partial charge in [0.1, 0.15) is 4.21 Å². The molecule has 0 radical (unpaired) electrons. The maximum atomic E-state index is 13.8. The molecule has 0 aliphatic carbocycles. The fraction of sp³-hybridized carbons (Fsp3) is 0.200. The number of rotatable bonds is 6. The lowest BCUT2D eigenvalue weighted by Gasteiger charge is -2.31. The van der Waals surface area contributed by atoms with Gasteiger partial charge in [-0.1, -0.05) is 36.4 Å².